The zero-order chi connectivity index (χ0) is 15.2. The Morgan fingerprint density at radius 2 is 2.25 bits per heavy atom. The van der Waals surface area contributed by atoms with Gasteiger partial charge >= 0.3 is 0 Å². The SMILES string of the molecule is C=CC1CCC(CO)(CCCC(C)C(C)NC(C)=O)C1. The summed E-state index contributed by atoms with van der Waals surface area (Å²) in [6, 6.07) is 0.224. The highest BCUT2D eigenvalue weighted by Crippen LogP contribution is 2.45. The minimum Gasteiger partial charge on any atom is -0.396 e. The number of hydrogen-bond acceptors (Lipinski definition) is 2. The van der Waals surface area contributed by atoms with E-state index in [4.69, 9.17) is 0 Å². The van der Waals surface area contributed by atoms with Gasteiger partial charge in [0.25, 0.3) is 0 Å². The number of nitrogens with one attached hydrogen (secondary N) is 1. The molecule has 1 amide bonds. The van der Waals surface area contributed by atoms with Crippen molar-refractivity contribution in [3.05, 3.63) is 12.7 Å². The molecule has 3 nitrogen and oxygen atoms in total. The number of allylic oxidation sites excluding steroid dienone is 1. The standard InChI is InChI=1S/C17H31NO2/c1-5-16-8-10-17(11-16,12-19)9-6-7-13(2)14(3)18-15(4)20/h5,13-14,16,19H,1,6-12H2,2-4H3,(H,18,20). The lowest BCUT2D eigenvalue weighted by Gasteiger charge is -2.28. The van der Waals surface area contributed by atoms with Gasteiger partial charge in [-0.2, -0.15) is 0 Å². The van der Waals surface area contributed by atoms with E-state index in [2.05, 4.69) is 25.7 Å². The van der Waals surface area contributed by atoms with Crippen molar-refractivity contribution in [3.63, 3.8) is 0 Å². The molecule has 0 heterocycles. The first-order chi connectivity index (χ1) is 9.42. The predicted molar refractivity (Wildman–Crippen MR) is 83.4 cm³/mol. The highest BCUT2D eigenvalue weighted by molar-refractivity contribution is 5.73. The molecular weight excluding hydrogens is 250 g/mol. The van der Waals surface area contributed by atoms with Gasteiger partial charge in [0, 0.05) is 19.6 Å². The lowest BCUT2D eigenvalue weighted by molar-refractivity contribution is -0.119. The summed E-state index contributed by atoms with van der Waals surface area (Å²) in [6.07, 6.45) is 8.72. The maximum absolute atomic E-state index is 11.1. The van der Waals surface area contributed by atoms with E-state index in [1.54, 1.807) is 6.92 Å². The summed E-state index contributed by atoms with van der Waals surface area (Å²) in [7, 11) is 0. The molecular formula is C17H31NO2. The van der Waals surface area contributed by atoms with E-state index in [0.717, 1.165) is 32.1 Å². The second-order valence-electron chi connectivity index (χ2n) is 6.76. The Kier molecular flexibility index (Phi) is 6.74. The zero-order valence-electron chi connectivity index (χ0n) is 13.3. The molecule has 0 aromatic rings. The van der Waals surface area contributed by atoms with Crippen molar-refractivity contribution in [2.75, 3.05) is 6.61 Å². The van der Waals surface area contributed by atoms with Gasteiger partial charge in [-0.1, -0.05) is 19.4 Å². The third-order valence-electron chi connectivity index (χ3n) is 5.06. The largest absolute Gasteiger partial charge is 0.396 e. The summed E-state index contributed by atoms with van der Waals surface area (Å²) in [5, 5.41) is 12.7. The molecule has 2 N–H and O–H groups in total. The molecule has 0 aliphatic heterocycles. The van der Waals surface area contributed by atoms with Crippen LogP contribution < -0.4 is 5.32 Å². The topological polar surface area (TPSA) is 49.3 Å². The van der Waals surface area contributed by atoms with Gasteiger partial charge in [0.1, 0.15) is 0 Å². The number of hydrogen-bond donors (Lipinski definition) is 2. The zero-order valence-corrected chi connectivity index (χ0v) is 13.3. The van der Waals surface area contributed by atoms with Gasteiger partial charge < -0.3 is 10.4 Å². The molecule has 0 saturated heterocycles. The highest BCUT2D eigenvalue weighted by atomic mass is 16.3. The Hall–Kier alpha value is -0.830. The quantitative estimate of drug-likeness (QED) is 0.671. The third kappa shape index (κ3) is 4.93. The molecule has 0 aromatic heterocycles. The molecule has 0 aromatic carbocycles. The molecule has 1 aliphatic rings. The summed E-state index contributed by atoms with van der Waals surface area (Å²) < 4.78 is 0. The van der Waals surface area contributed by atoms with Gasteiger partial charge in [0.2, 0.25) is 5.91 Å². The second kappa shape index (κ2) is 7.82. The molecule has 20 heavy (non-hydrogen) atoms. The number of aliphatic hydroxyl groups is 1. The van der Waals surface area contributed by atoms with E-state index in [1.807, 2.05) is 6.08 Å². The fourth-order valence-electron chi connectivity index (χ4n) is 3.41. The molecule has 1 fully saturated rings. The van der Waals surface area contributed by atoms with Crippen LogP contribution in [0.5, 0.6) is 0 Å². The van der Waals surface area contributed by atoms with Gasteiger partial charge in [-0.3, -0.25) is 4.79 Å². The van der Waals surface area contributed by atoms with Crippen LogP contribution in [0.15, 0.2) is 12.7 Å². The molecule has 0 radical (unpaired) electrons. The minimum atomic E-state index is 0.0424. The monoisotopic (exact) mass is 281 g/mol. The van der Waals surface area contributed by atoms with Crippen LogP contribution in [0.25, 0.3) is 0 Å². The van der Waals surface area contributed by atoms with Crippen LogP contribution in [0.4, 0.5) is 0 Å². The molecule has 116 valence electrons. The van der Waals surface area contributed by atoms with Crippen molar-refractivity contribution in [2.24, 2.45) is 17.3 Å². The summed E-state index contributed by atoms with van der Waals surface area (Å²) in [5.41, 5.74) is 0.121. The lowest BCUT2D eigenvalue weighted by atomic mass is 9.80. The number of carbonyl (C=O) groups excluding carboxylic acids is 1. The van der Waals surface area contributed by atoms with Crippen LogP contribution in [0.3, 0.4) is 0 Å². The number of amides is 1. The molecule has 4 unspecified atom stereocenters. The first-order valence-corrected chi connectivity index (χ1v) is 7.93. The van der Waals surface area contributed by atoms with E-state index < -0.39 is 0 Å². The van der Waals surface area contributed by atoms with Crippen LogP contribution in [-0.4, -0.2) is 23.7 Å². The molecule has 0 spiro atoms. The van der Waals surface area contributed by atoms with Crippen molar-refractivity contribution in [1.29, 1.82) is 0 Å². The number of aliphatic hydroxyl groups excluding tert-OH is 1. The van der Waals surface area contributed by atoms with Crippen molar-refractivity contribution in [2.45, 2.75) is 65.3 Å². The smallest absolute Gasteiger partial charge is 0.217 e. The van der Waals surface area contributed by atoms with Crippen molar-refractivity contribution in [3.8, 4) is 0 Å². The van der Waals surface area contributed by atoms with Gasteiger partial charge in [-0.05, 0) is 56.3 Å². The van der Waals surface area contributed by atoms with Gasteiger partial charge in [0.05, 0.1) is 0 Å². The Morgan fingerprint density at radius 3 is 2.75 bits per heavy atom. The van der Waals surface area contributed by atoms with Crippen LogP contribution in [0.1, 0.15) is 59.3 Å². The molecule has 1 rings (SSSR count). The highest BCUT2D eigenvalue weighted by Gasteiger charge is 2.37. The summed E-state index contributed by atoms with van der Waals surface area (Å²) >= 11 is 0. The Morgan fingerprint density at radius 1 is 1.55 bits per heavy atom. The average molecular weight is 281 g/mol. The van der Waals surface area contributed by atoms with Gasteiger partial charge in [-0.25, -0.2) is 0 Å². The van der Waals surface area contributed by atoms with E-state index in [0.29, 0.717) is 18.4 Å². The van der Waals surface area contributed by atoms with E-state index in [-0.39, 0.29) is 17.4 Å². The first-order valence-electron chi connectivity index (χ1n) is 7.93. The fourth-order valence-corrected chi connectivity index (χ4v) is 3.41. The van der Waals surface area contributed by atoms with E-state index in [9.17, 15) is 9.90 Å². The number of rotatable bonds is 8. The maximum Gasteiger partial charge on any atom is 0.217 e. The third-order valence-corrected chi connectivity index (χ3v) is 5.06. The summed E-state index contributed by atoms with van der Waals surface area (Å²) in [6.45, 7) is 10.0. The van der Waals surface area contributed by atoms with Crippen molar-refractivity contribution >= 4 is 5.91 Å². The molecule has 0 bridgehead atoms. The fraction of sp³-hybridized carbons (Fsp3) is 0.824. The minimum absolute atomic E-state index is 0.0424. The molecule has 3 heteroatoms. The van der Waals surface area contributed by atoms with Crippen molar-refractivity contribution in [1.82, 2.24) is 5.32 Å². The molecule has 1 saturated carbocycles. The van der Waals surface area contributed by atoms with Gasteiger partial charge in [-0.15, -0.1) is 6.58 Å². The average Bonchev–Trinajstić information content (AvgIpc) is 2.82. The normalized spacial score (nSPS) is 28.9. The first kappa shape index (κ1) is 17.2. The molecule has 1 aliphatic carbocycles. The molecule has 4 atom stereocenters. The Labute approximate surface area is 123 Å². The van der Waals surface area contributed by atoms with Crippen LogP contribution in [-0.2, 0) is 4.79 Å². The summed E-state index contributed by atoms with van der Waals surface area (Å²) in [4.78, 5) is 11.1. The summed E-state index contributed by atoms with van der Waals surface area (Å²) in [5.74, 6) is 1.10. The number of carbonyl (C=O) groups is 1. The van der Waals surface area contributed by atoms with Crippen LogP contribution >= 0.6 is 0 Å². The van der Waals surface area contributed by atoms with E-state index >= 15 is 0 Å². The lowest BCUT2D eigenvalue weighted by Crippen LogP contribution is -2.35. The Bertz CT molecular complexity index is 329. The van der Waals surface area contributed by atoms with E-state index in [1.165, 1.54) is 6.42 Å². The Balaban J connectivity index is 2.35. The maximum atomic E-state index is 11.1. The van der Waals surface area contributed by atoms with Crippen LogP contribution in [0, 0.1) is 17.3 Å². The van der Waals surface area contributed by atoms with Gasteiger partial charge in [0.15, 0.2) is 0 Å². The van der Waals surface area contributed by atoms with Crippen LogP contribution in [0.2, 0.25) is 0 Å². The second-order valence-corrected chi connectivity index (χ2v) is 6.76. The predicted octanol–water partition coefficient (Wildman–Crippen LogP) is 3.28. The van der Waals surface area contributed by atoms with Crippen molar-refractivity contribution < 1.29 is 9.90 Å².